The maximum atomic E-state index is 11.2. The maximum absolute atomic E-state index is 11.2. The third kappa shape index (κ3) is 2.22. The molecule has 0 saturated carbocycles. The van der Waals surface area contributed by atoms with E-state index < -0.39 is 5.97 Å². The number of nitrogens with zero attached hydrogens (tertiary/aromatic N) is 2. The number of carboxylic acids is 1. The molecule has 0 fully saturated rings. The van der Waals surface area contributed by atoms with E-state index in [-0.39, 0.29) is 0 Å². The lowest BCUT2D eigenvalue weighted by Gasteiger charge is -2.20. The van der Waals surface area contributed by atoms with Crippen molar-refractivity contribution in [2.45, 2.75) is 13.3 Å². The number of ether oxygens (including phenoxy) is 1. The molecule has 1 N–H and O–H groups in total. The quantitative estimate of drug-likeness (QED) is 0.921. The van der Waals surface area contributed by atoms with Gasteiger partial charge in [0, 0.05) is 6.54 Å². The van der Waals surface area contributed by atoms with Crippen molar-refractivity contribution < 1.29 is 14.6 Å². The second-order valence-corrected chi connectivity index (χ2v) is 5.52. The summed E-state index contributed by atoms with van der Waals surface area (Å²) in [6, 6.07) is 7.77. The van der Waals surface area contributed by atoms with Crippen LogP contribution < -0.4 is 9.64 Å². The topological polar surface area (TPSA) is 62.7 Å². The van der Waals surface area contributed by atoms with Crippen LogP contribution in [0.25, 0.3) is 0 Å². The zero-order chi connectivity index (χ0) is 14.1. The Hall–Kier alpha value is -2.08. The average molecular weight is 290 g/mol. The van der Waals surface area contributed by atoms with E-state index in [1.54, 1.807) is 6.92 Å². The Morgan fingerprint density at radius 3 is 3.00 bits per heavy atom. The first kappa shape index (κ1) is 12.9. The van der Waals surface area contributed by atoms with Crippen LogP contribution >= 0.6 is 11.3 Å². The van der Waals surface area contributed by atoms with Gasteiger partial charge in [0.1, 0.15) is 10.6 Å². The molecule has 0 unspecified atom stereocenters. The van der Waals surface area contributed by atoms with Crippen LogP contribution in [0.15, 0.2) is 24.3 Å². The van der Waals surface area contributed by atoms with E-state index in [0.717, 1.165) is 24.4 Å². The SMILES string of the molecule is Cc1nc(N2CCCOc3ccccc32)sc1C(=O)O. The van der Waals surface area contributed by atoms with Crippen LogP contribution in [0.3, 0.4) is 0 Å². The molecule has 3 rings (SSSR count). The minimum atomic E-state index is -0.925. The summed E-state index contributed by atoms with van der Waals surface area (Å²) in [4.78, 5) is 17.9. The van der Waals surface area contributed by atoms with Crippen molar-refractivity contribution in [2.24, 2.45) is 0 Å². The van der Waals surface area contributed by atoms with Crippen molar-refractivity contribution in [1.29, 1.82) is 0 Å². The van der Waals surface area contributed by atoms with Crippen molar-refractivity contribution in [3.05, 3.63) is 34.8 Å². The van der Waals surface area contributed by atoms with E-state index in [1.165, 1.54) is 11.3 Å². The predicted molar refractivity (Wildman–Crippen MR) is 77.4 cm³/mol. The van der Waals surface area contributed by atoms with Gasteiger partial charge in [-0.05, 0) is 25.5 Å². The van der Waals surface area contributed by atoms with E-state index in [2.05, 4.69) is 4.98 Å². The lowest BCUT2D eigenvalue weighted by Crippen LogP contribution is -2.17. The Balaban J connectivity index is 2.05. The fourth-order valence-corrected chi connectivity index (χ4v) is 3.17. The number of para-hydroxylation sites is 2. The number of anilines is 2. The molecular formula is C14H14N2O3S. The summed E-state index contributed by atoms with van der Waals surface area (Å²) >= 11 is 1.21. The Bertz CT molecular complexity index is 654. The third-order valence-electron chi connectivity index (χ3n) is 3.15. The van der Waals surface area contributed by atoms with E-state index in [1.807, 2.05) is 29.2 Å². The highest BCUT2D eigenvalue weighted by Crippen LogP contribution is 2.38. The molecule has 0 aliphatic carbocycles. The van der Waals surface area contributed by atoms with E-state index in [9.17, 15) is 4.79 Å². The van der Waals surface area contributed by atoms with Crippen molar-refractivity contribution in [1.82, 2.24) is 4.98 Å². The van der Waals surface area contributed by atoms with Gasteiger partial charge in [-0.3, -0.25) is 0 Å². The van der Waals surface area contributed by atoms with Gasteiger partial charge in [-0.15, -0.1) is 0 Å². The van der Waals surface area contributed by atoms with Crippen LogP contribution in [0.5, 0.6) is 5.75 Å². The number of carbonyl (C=O) groups is 1. The standard InChI is InChI=1S/C14H14N2O3S/c1-9-12(13(17)18)20-14(15-9)16-7-4-8-19-11-6-3-2-5-10(11)16/h2-3,5-6H,4,7-8H2,1H3,(H,17,18). The van der Waals surface area contributed by atoms with Crippen molar-refractivity contribution in [3.63, 3.8) is 0 Å². The average Bonchev–Trinajstić information content (AvgIpc) is 2.70. The number of fused-ring (bicyclic) bond motifs is 1. The fraction of sp³-hybridized carbons (Fsp3) is 0.286. The van der Waals surface area contributed by atoms with Crippen LogP contribution in [-0.4, -0.2) is 29.2 Å². The molecular weight excluding hydrogens is 276 g/mol. The Labute approximate surface area is 120 Å². The van der Waals surface area contributed by atoms with Gasteiger partial charge < -0.3 is 14.7 Å². The van der Waals surface area contributed by atoms with Crippen molar-refractivity contribution in [3.8, 4) is 5.75 Å². The van der Waals surface area contributed by atoms with Crippen LogP contribution in [0.1, 0.15) is 21.8 Å². The number of hydrogen-bond donors (Lipinski definition) is 1. The largest absolute Gasteiger partial charge is 0.491 e. The highest BCUT2D eigenvalue weighted by molar-refractivity contribution is 7.17. The Morgan fingerprint density at radius 2 is 2.25 bits per heavy atom. The molecule has 104 valence electrons. The summed E-state index contributed by atoms with van der Waals surface area (Å²) in [5, 5.41) is 9.86. The summed E-state index contributed by atoms with van der Waals surface area (Å²) in [5.41, 5.74) is 1.50. The first-order chi connectivity index (χ1) is 9.66. The van der Waals surface area contributed by atoms with Crippen molar-refractivity contribution >= 4 is 28.1 Å². The minimum absolute atomic E-state index is 0.294. The first-order valence-electron chi connectivity index (χ1n) is 6.37. The lowest BCUT2D eigenvalue weighted by molar-refractivity contribution is 0.0701. The van der Waals surface area contributed by atoms with Crippen LogP contribution in [0.2, 0.25) is 0 Å². The minimum Gasteiger partial charge on any atom is -0.491 e. The molecule has 0 atom stereocenters. The number of aromatic nitrogens is 1. The van der Waals surface area contributed by atoms with Gasteiger partial charge in [0.05, 0.1) is 18.0 Å². The molecule has 2 aromatic rings. The molecule has 0 radical (unpaired) electrons. The van der Waals surface area contributed by atoms with Gasteiger partial charge in [0.25, 0.3) is 0 Å². The fourth-order valence-electron chi connectivity index (χ4n) is 2.22. The summed E-state index contributed by atoms with van der Waals surface area (Å²) in [6.07, 6.45) is 0.871. The van der Waals surface area contributed by atoms with Gasteiger partial charge in [0.2, 0.25) is 0 Å². The molecule has 0 saturated heterocycles. The molecule has 6 heteroatoms. The zero-order valence-corrected chi connectivity index (χ0v) is 11.8. The number of benzene rings is 1. The van der Waals surface area contributed by atoms with E-state index >= 15 is 0 Å². The number of rotatable bonds is 2. The monoisotopic (exact) mass is 290 g/mol. The van der Waals surface area contributed by atoms with Crippen molar-refractivity contribution in [2.75, 3.05) is 18.1 Å². The number of thiazole rings is 1. The number of hydrogen-bond acceptors (Lipinski definition) is 5. The summed E-state index contributed by atoms with van der Waals surface area (Å²) in [7, 11) is 0. The second kappa shape index (κ2) is 5.13. The molecule has 20 heavy (non-hydrogen) atoms. The summed E-state index contributed by atoms with van der Waals surface area (Å²) in [5.74, 6) is -0.111. The van der Waals surface area contributed by atoms with Crippen LogP contribution in [0, 0.1) is 6.92 Å². The normalized spacial score (nSPS) is 14.3. The summed E-state index contributed by atoms with van der Waals surface area (Å²) in [6.45, 7) is 3.15. The second-order valence-electron chi connectivity index (χ2n) is 4.54. The van der Waals surface area contributed by atoms with Gasteiger partial charge >= 0.3 is 5.97 Å². The van der Waals surface area contributed by atoms with E-state index in [0.29, 0.717) is 22.3 Å². The van der Waals surface area contributed by atoms with Gasteiger partial charge in [-0.25, -0.2) is 9.78 Å². The Morgan fingerprint density at radius 1 is 1.45 bits per heavy atom. The summed E-state index contributed by atoms with van der Waals surface area (Å²) < 4.78 is 5.70. The number of aryl methyl sites for hydroxylation is 1. The molecule has 1 aromatic carbocycles. The highest BCUT2D eigenvalue weighted by atomic mass is 32.1. The molecule has 0 bridgehead atoms. The maximum Gasteiger partial charge on any atom is 0.347 e. The molecule has 1 aliphatic rings. The molecule has 5 nitrogen and oxygen atoms in total. The number of carboxylic acid groups (broad SMARTS) is 1. The zero-order valence-electron chi connectivity index (χ0n) is 11.0. The smallest absolute Gasteiger partial charge is 0.347 e. The first-order valence-corrected chi connectivity index (χ1v) is 7.18. The molecule has 1 aliphatic heterocycles. The third-order valence-corrected chi connectivity index (χ3v) is 4.32. The lowest BCUT2D eigenvalue weighted by atomic mass is 10.2. The molecule has 0 spiro atoms. The molecule has 0 amide bonds. The van der Waals surface area contributed by atoms with Crippen LogP contribution in [0.4, 0.5) is 10.8 Å². The van der Waals surface area contributed by atoms with Gasteiger partial charge in [-0.1, -0.05) is 23.5 Å². The van der Waals surface area contributed by atoms with Gasteiger partial charge in [-0.2, -0.15) is 0 Å². The van der Waals surface area contributed by atoms with Gasteiger partial charge in [0.15, 0.2) is 5.13 Å². The number of aromatic carboxylic acids is 1. The molecule has 2 heterocycles. The Kier molecular flexibility index (Phi) is 3.31. The molecule has 1 aromatic heterocycles. The van der Waals surface area contributed by atoms with E-state index in [4.69, 9.17) is 9.84 Å². The highest BCUT2D eigenvalue weighted by Gasteiger charge is 2.23. The van der Waals surface area contributed by atoms with Crippen LogP contribution in [-0.2, 0) is 0 Å². The predicted octanol–water partition coefficient (Wildman–Crippen LogP) is 3.07.